The molecule has 0 bridgehead atoms. The minimum atomic E-state index is -1.14. The van der Waals surface area contributed by atoms with Gasteiger partial charge in [0.2, 0.25) is 0 Å². The zero-order chi connectivity index (χ0) is 17.0. The van der Waals surface area contributed by atoms with Gasteiger partial charge in [-0.2, -0.15) is 0 Å². The van der Waals surface area contributed by atoms with E-state index < -0.39 is 17.9 Å². The van der Waals surface area contributed by atoms with E-state index in [0.717, 1.165) is 4.47 Å². The van der Waals surface area contributed by atoms with Crippen molar-refractivity contribution in [2.75, 3.05) is 0 Å². The molecule has 0 spiro atoms. The number of carboxylic acid groups (broad SMARTS) is 1. The number of nitrogens with one attached hydrogen (secondary N) is 1. The molecule has 23 heavy (non-hydrogen) atoms. The van der Waals surface area contributed by atoms with Gasteiger partial charge in [0, 0.05) is 15.9 Å². The van der Waals surface area contributed by atoms with Gasteiger partial charge < -0.3 is 10.4 Å². The van der Waals surface area contributed by atoms with E-state index in [1.54, 1.807) is 36.4 Å². The van der Waals surface area contributed by atoms with Crippen LogP contribution in [0, 0.1) is 0 Å². The van der Waals surface area contributed by atoms with Crippen LogP contribution in [0.15, 0.2) is 46.9 Å². The topological polar surface area (TPSA) is 66.4 Å². The molecule has 120 valence electrons. The summed E-state index contributed by atoms with van der Waals surface area (Å²) in [5.74, 6) is -1.68. The molecule has 2 N–H and O–H groups in total. The van der Waals surface area contributed by atoms with E-state index >= 15 is 0 Å². The summed E-state index contributed by atoms with van der Waals surface area (Å²) in [5, 5.41) is 12.6. The van der Waals surface area contributed by atoms with Crippen molar-refractivity contribution in [1.29, 1.82) is 0 Å². The van der Waals surface area contributed by atoms with Crippen molar-refractivity contribution in [1.82, 2.24) is 5.32 Å². The molecule has 0 saturated carbocycles. The summed E-state index contributed by atoms with van der Waals surface area (Å²) in [6.07, 6.45) is 0.0899. The number of rotatable bonds is 5. The van der Waals surface area contributed by atoms with Crippen molar-refractivity contribution in [2.45, 2.75) is 12.5 Å². The van der Waals surface area contributed by atoms with Crippen LogP contribution >= 0.6 is 39.1 Å². The maximum atomic E-state index is 12.2. The van der Waals surface area contributed by atoms with Gasteiger partial charge in [0.15, 0.2) is 0 Å². The normalized spacial score (nSPS) is 11.8. The van der Waals surface area contributed by atoms with E-state index in [9.17, 15) is 14.7 Å². The van der Waals surface area contributed by atoms with Gasteiger partial charge in [-0.3, -0.25) is 4.79 Å². The molecule has 0 radical (unpaired) electrons. The third kappa shape index (κ3) is 4.70. The lowest BCUT2D eigenvalue weighted by Gasteiger charge is -2.16. The Labute approximate surface area is 151 Å². The van der Waals surface area contributed by atoms with Crippen LogP contribution in [-0.2, 0) is 11.2 Å². The Bertz CT molecular complexity index is 752. The van der Waals surface area contributed by atoms with E-state index in [-0.39, 0.29) is 17.0 Å². The molecule has 2 aromatic carbocycles. The second kappa shape index (κ2) is 7.81. The zero-order valence-electron chi connectivity index (χ0n) is 11.7. The van der Waals surface area contributed by atoms with Crippen molar-refractivity contribution in [2.24, 2.45) is 0 Å². The first-order valence-corrected chi connectivity index (χ1v) is 8.15. The standard InChI is InChI=1S/C16H12BrCl2NO3/c17-12-6-5-10(18)7-9(12)8-14(16(22)23)20-15(21)11-3-1-2-4-13(11)19/h1-7,14H,8H2,(H,20,21)(H,22,23)/t14-/m1/s1. The number of hydrogen-bond acceptors (Lipinski definition) is 2. The molecular formula is C16H12BrCl2NO3. The van der Waals surface area contributed by atoms with Gasteiger partial charge >= 0.3 is 5.97 Å². The van der Waals surface area contributed by atoms with E-state index in [1.807, 2.05) is 0 Å². The molecule has 0 heterocycles. The minimum absolute atomic E-state index is 0.0899. The molecule has 0 aromatic heterocycles. The summed E-state index contributed by atoms with van der Waals surface area (Å²) < 4.78 is 0.722. The molecule has 4 nitrogen and oxygen atoms in total. The minimum Gasteiger partial charge on any atom is -0.480 e. The van der Waals surface area contributed by atoms with E-state index in [2.05, 4.69) is 21.2 Å². The van der Waals surface area contributed by atoms with Crippen molar-refractivity contribution >= 4 is 51.0 Å². The third-order valence-electron chi connectivity index (χ3n) is 3.15. The SMILES string of the molecule is O=C(N[C@H](Cc1cc(Cl)ccc1Br)C(=O)O)c1ccccc1Cl. The molecule has 1 amide bonds. The second-order valence-corrected chi connectivity index (χ2v) is 6.48. The Hall–Kier alpha value is -1.56. The average molecular weight is 417 g/mol. The molecule has 2 rings (SSSR count). The Morgan fingerprint density at radius 1 is 1.17 bits per heavy atom. The summed E-state index contributed by atoms with van der Waals surface area (Å²) in [7, 11) is 0. The van der Waals surface area contributed by atoms with Crippen LogP contribution in [0.3, 0.4) is 0 Å². The van der Waals surface area contributed by atoms with Crippen LogP contribution < -0.4 is 5.32 Å². The predicted molar refractivity (Wildman–Crippen MR) is 93.2 cm³/mol. The number of aliphatic carboxylic acids is 1. The number of hydrogen-bond donors (Lipinski definition) is 2. The summed E-state index contributed by atoms with van der Waals surface area (Å²) >= 11 is 15.2. The van der Waals surface area contributed by atoms with Crippen LogP contribution in [0.2, 0.25) is 10.0 Å². The number of carbonyl (C=O) groups excluding carboxylic acids is 1. The fraction of sp³-hybridized carbons (Fsp3) is 0.125. The highest BCUT2D eigenvalue weighted by molar-refractivity contribution is 9.10. The van der Waals surface area contributed by atoms with Gasteiger partial charge in [-0.1, -0.05) is 51.3 Å². The largest absolute Gasteiger partial charge is 0.480 e. The first-order valence-electron chi connectivity index (χ1n) is 6.60. The van der Waals surface area contributed by atoms with Gasteiger partial charge in [0.05, 0.1) is 10.6 Å². The Kier molecular flexibility index (Phi) is 6.04. The fourth-order valence-corrected chi connectivity index (χ4v) is 2.83. The zero-order valence-corrected chi connectivity index (χ0v) is 14.8. The number of amides is 1. The number of carbonyl (C=O) groups is 2. The average Bonchev–Trinajstić information content (AvgIpc) is 2.50. The number of halogens is 3. The van der Waals surface area contributed by atoms with Crippen LogP contribution in [-0.4, -0.2) is 23.0 Å². The highest BCUT2D eigenvalue weighted by atomic mass is 79.9. The molecule has 0 aliphatic carbocycles. The molecule has 0 fully saturated rings. The molecule has 7 heteroatoms. The lowest BCUT2D eigenvalue weighted by Crippen LogP contribution is -2.42. The highest BCUT2D eigenvalue weighted by Crippen LogP contribution is 2.23. The second-order valence-electron chi connectivity index (χ2n) is 4.78. The first kappa shape index (κ1) is 17.8. The van der Waals surface area contributed by atoms with Gasteiger partial charge in [-0.05, 0) is 35.9 Å². The molecular weight excluding hydrogens is 405 g/mol. The molecule has 2 aromatic rings. The van der Waals surface area contributed by atoms with Crippen LogP contribution in [0.5, 0.6) is 0 Å². The maximum absolute atomic E-state index is 12.2. The molecule has 0 saturated heterocycles. The fourth-order valence-electron chi connectivity index (χ4n) is 2.00. The molecule has 1 atom stereocenters. The van der Waals surface area contributed by atoms with E-state index in [1.165, 1.54) is 6.07 Å². The summed E-state index contributed by atoms with van der Waals surface area (Å²) in [6.45, 7) is 0. The number of benzene rings is 2. The Balaban J connectivity index is 2.19. The van der Waals surface area contributed by atoms with Crippen molar-refractivity contribution in [3.63, 3.8) is 0 Å². The summed E-state index contributed by atoms with van der Waals surface area (Å²) in [6, 6.07) is 10.4. The third-order valence-corrected chi connectivity index (χ3v) is 4.49. The lowest BCUT2D eigenvalue weighted by molar-refractivity contribution is -0.139. The predicted octanol–water partition coefficient (Wildman–Crippen LogP) is 4.18. The van der Waals surface area contributed by atoms with Gasteiger partial charge in [0.1, 0.15) is 6.04 Å². The smallest absolute Gasteiger partial charge is 0.326 e. The van der Waals surface area contributed by atoms with Crippen molar-refractivity contribution in [3.05, 3.63) is 68.1 Å². The van der Waals surface area contributed by atoms with Gasteiger partial charge in [-0.15, -0.1) is 0 Å². The van der Waals surface area contributed by atoms with E-state index in [4.69, 9.17) is 23.2 Å². The van der Waals surface area contributed by atoms with Crippen LogP contribution in [0.4, 0.5) is 0 Å². The van der Waals surface area contributed by atoms with Crippen molar-refractivity contribution in [3.8, 4) is 0 Å². The quantitative estimate of drug-likeness (QED) is 0.768. The monoisotopic (exact) mass is 415 g/mol. The highest BCUT2D eigenvalue weighted by Gasteiger charge is 2.23. The summed E-state index contributed by atoms with van der Waals surface area (Å²) in [5.41, 5.74) is 0.912. The van der Waals surface area contributed by atoms with Crippen LogP contribution in [0.25, 0.3) is 0 Å². The van der Waals surface area contributed by atoms with Gasteiger partial charge in [0.25, 0.3) is 5.91 Å². The maximum Gasteiger partial charge on any atom is 0.326 e. The first-order chi connectivity index (χ1) is 10.9. The van der Waals surface area contributed by atoms with E-state index in [0.29, 0.717) is 10.6 Å². The molecule has 0 aliphatic heterocycles. The number of carboxylic acids is 1. The molecule has 0 aliphatic rings. The summed E-state index contributed by atoms with van der Waals surface area (Å²) in [4.78, 5) is 23.7. The van der Waals surface area contributed by atoms with Crippen LogP contribution in [0.1, 0.15) is 15.9 Å². The van der Waals surface area contributed by atoms with Gasteiger partial charge in [-0.25, -0.2) is 4.79 Å². The Morgan fingerprint density at radius 3 is 2.52 bits per heavy atom. The Morgan fingerprint density at radius 2 is 1.87 bits per heavy atom. The lowest BCUT2D eigenvalue weighted by atomic mass is 10.1. The van der Waals surface area contributed by atoms with Crippen molar-refractivity contribution < 1.29 is 14.7 Å². The molecule has 0 unspecified atom stereocenters.